The third kappa shape index (κ3) is 5.93. The van der Waals surface area contributed by atoms with Crippen molar-refractivity contribution in [2.45, 2.75) is 102 Å². The predicted molar refractivity (Wildman–Crippen MR) is 91.6 cm³/mol. The van der Waals surface area contributed by atoms with Gasteiger partial charge in [0.2, 0.25) is 0 Å². The molecule has 1 rings (SSSR count). The van der Waals surface area contributed by atoms with Crippen LogP contribution < -0.4 is 0 Å². The van der Waals surface area contributed by atoms with Gasteiger partial charge in [0.05, 0.1) is 13.2 Å². The van der Waals surface area contributed by atoms with E-state index in [4.69, 9.17) is 10.8 Å². The minimum Gasteiger partial charge on any atom is -0.394 e. The summed E-state index contributed by atoms with van der Waals surface area (Å²) >= 11 is 0. The summed E-state index contributed by atoms with van der Waals surface area (Å²) in [5.74, 6) is -1.57. The van der Waals surface area contributed by atoms with E-state index in [1.54, 1.807) is 0 Å². The standard InChI is InChI=1S/C18H36O6/c1-3-5-7-9-11-18(23-12-10-8-6-4-2)17(22)16(21)15(20)14(13-19)24-18/h14-17,19-22H,3-13H2,1-2H3/t14-,15-,16+,17-,18?/m1/s1/i9D/t9?,14-,15-,16+,17-,18?. The van der Waals surface area contributed by atoms with Crippen LogP contribution in [0.5, 0.6) is 0 Å². The maximum Gasteiger partial charge on any atom is 0.197 e. The van der Waals surface area contributed by atoms with Crippen LogP contribution in [-0.2, 0) is 9.47 Å². The van der Waals surface area contributed by atoms with Gasteiger partial charge in [0.15, 0.2) is 5.79 Å². The monoisotopic (exact) mass is 349 g/mol. The summed E-state index contributed by atoms with van der Waals surface area (Å²) in [6.45, 7) is 3.99. The first-order valence-corrected chi connectivity index (χ1v) is 9.30. The molecule has 6 nitrogen and oxygen atoms in total. The zero-order valence-corrected chi connectivity index (χ0v) is 15.1. The van der Waals surface area contributed by atoms with Crippen molar-refractivity contribution in [1.29, 1.82) is 0 Å². The first-order valence-electron chi connectivity index (χ1n) is 9.88. The van der Waals surface area contributed by atoms with E-state index in [1.165, 1.54) is 0 Å². The van der Waals surface area contributed by atoms with Crippen molar-refractivity contribution in [2.24, 2.45) is 0 Å². The molecule has 0 aromatic rings. The highest BCUT2D eigenvalue weighted by atomic mass is 16.7. The van der Waals surface area contributed by atoms with E-state index in [2.05, 4.69) is 6.92 Å². The molecule has 1 saturated heterocycles. The van der Waals surface area contributed by atoms with E-state index >= 15 is 0 Å². The summed E-state index contributed by atoms with van der Waals surface area (Å²) in [4.78, 5) is 0. The van der Waals surface area contributed by atoms with Gasteiger partial charge in [-0.2, -0.15) is 0 Å². The molecule has 0 aromatic heterocycles. The molecule has 2 unspecified atom stereocenters. The summed E-state index contributed by atoms with van der Waals surface area (Å²) in [5.41, 5.74) is 0. The Bertz CT molecular complexity index is 356. The number of hydrogen-bond acceptors (Lipinski definition) is 6. The highest BCUT2D eigenvalue weighted by Gasteiger charge is 2.53. The van der Waals surface area contributed by atoms with Crippen LogP contribution in [0.2, 0.25) is 0 Å². The van der Waals surface area contributed by atoms with Crippen molar-refractivity contribution in [2.75, 3.05) is 13.2 Å². The lowest BCUT2D eigenvalue weighted by atomic mass is 9.89. The van der Waals surface area contributed by atoms with Crippen LogP contribution in [0.1, 0.15) is 73.0 Å². The summed E-state index contributed by atoms with van der Waals surface area (Å²) in [6.07, 6.45) is 0.588. The highest BCUT2D eigenvalue weighted by molar-refractivity contribution is 4.97. The second-order valence-corrected chi connectivity index (χ2v) is 6.62. The lowest BCUT2D eigenvalue weighted by molar-refractivity contribution is -0.366. The molecular formula is C18H36O6. The quantitative estimate of drug-likeness (QED) is 0.401. The summed E-state index contributed by atoms with van der Waals surface area (Å²) in [7, 11) is 0. The second-order valence-electron chi connectivity index (χ2n) is 6.62. The fourth-order valence-corrected chi connectivity index (χ4v) is 2.98. The lowest BCUT2D eigenvalue weighted by Gasteiger charge is -2.48. The Kier molecular flexibility index (Phi) is 9.53. The van der Waals surface area contributed by atoms with Gasteiger partial charge in [-0.15, -0.1) is 0 Å². The number of unbranched alkanes of at least 4 members (excludes halogenated alkanes) is 4. The van der Waals surface area contributed by atoms with Gasteiger partial charge in [-0.3, -0.25) is 0 Å². The van der Waals surface area contributed by atoms with Crippen LogP contribution in [0.25, 0.3) is 0 Å². The number of rotatable bonds is 12. The normalized spacial score (nSPS) is 35.7. The van der Waals surface area contributed by atoms with Crippen LogP contribution in [-0.4, -0.2) is 63.8 Å². The van der Waals surface area contributed by atoms with E-state index in [-0.39, 0.29) is 6.42 Å². The number of hydrogen-bond donors (Lipinski definition) is 4. The van der Waals surface area contributed by atoms with Crippen LogP contribution in [0, 0.1) is 0 Å². The molecule has 4 N–H and O–H groups in total. The van der Waals surface area contributed by atoms with Gasteiger partial charge in [-0.05, 0) is 12.8 Å². The van der Waals surface area contributed by atoms with Crippen LogP contribution in [0.4, 0.5) is 0 Å². The van der Waals surface area contributed by atoms with Gasteiger partial charge in [-0.25, -0.2) is 0 Å². The Morgan fingerprint density at radius 3 is 2.29 bits per heavy atom. The first kappa shape index (κ1) is 20.1. The van der Waals surface area contributed by atoms with Gasteiger partial charge in [0.1, 0.15) is 24.4 Å². The minimum atomic E-state index is -1.57. The molecule has 0 saturated carbocycles. The zero-order chi connectivity index (χ0) is 18.9. The molecule has 6 atom stereocenters. The SMILES string of the molecule is [2H]C(CCCC)CC1(OCCCCCC)O[C@H](CO)[C@@H](O)[C@H](O)[C@H]1O. The average Bonchev–Trinajstić information content (AvgIpc) is 2.61. The summed E-state index contributed by atoms with van der Waals surface area (Å²) < 4.78 is 19.8. The van der Waals surface area contributed by atoms with E-state index in [9.17, 15) is 20.4 Å². The van der Waals surface area contributed by atoms with E-state index in [0.717, 1.165) is 38.5 Å². The Morgan fingerprint density at radius 2 is 1.67 bits per heavy atom. The molecule has 6 heteroatoms. The first-order chi connectivity index (χ1) is 11.9. The zero-order valence-electron chi connectivity index (χ0n) is 16.1. The van der Waals surface area contributed by atoms with Gasteiger partial charge in [0, 0.05) is 7.79 Å². The molecule has 0 spiro atoms. The van der Waals surface area contributed by atoms with Gasteiger partial charge in [0.25, 0.3) is 0 Å². The maximum absolute atomic E-state index is 10.5. The van der Waals surface area contributed by atoms with E-state index < -0.39 is 43.2 Å². The molecule has 1 aliphatic heterocycles. The molecular weight excluding hydrogens is 312 g/mol. The summed E-state index contributed by atoms with van der Waals surface area (Å²) in [5, 5.41) is 40.1. The lowest BCUT2D eigenvalue weighted by Crippen LogP contribution is -2.66. The molecule has 1 heterocycles. The summed E-state index contributed by atoms with van der Waals surface area (Å²) in [6, 6.07) is 0. The van der Waals surface area contributed by atoms with Crippen molar-refractivity contribution >= 4 is 0 Å². The molecule has 0 amide bonds. The Labute approximate surface area is 147 Å². The number of ether oxygens (including phenoxy) is 2. The molecule has 1 aliphatic rings. The van der Waals surface area contributed by atoms with Crippen molar-refractivity contribution in [1.82, 2.24) is 0 Å². The van der Waals surface area contributed by atoms with Gasteiger partial charge < -0.3 is 29.9 Å². The van der Waals surface area contributed by atoms with Crippen LogP contribution >= 0.6 is 0 Å². The van der Waals surface area contributed by atoms with Crippen LogP contribution in [0.3, 0.4) is 0 Å². The second kappa shape index (κ2) is 11.4. The fraction of sp³-hybridized carbons (Fsp3) is 1.00. The molecule has 0 radical (unpaired) electrons. The van der Waals surface area contributed by atoms with Crippen molar-refractivity contribution < 1.29 is 31.3 Å². The predicted octanol–water partition coefficient (Wildman–Crippen LogP) is 1.72. The highest BCUT2D eigenvalue weighted by Crippen LogP contribution is 2.35. The molecule has 1 fully saturated rings. The maximum atomic E-state index is 10.5. The minimum absolute atomic E-state index is 0.0855. The van der Waals surface area contributed by atoms with Gasteiger partial charge in [-0.1, -0.05) is 52.4 Å². The third-order valence-corrected chi connectivity index (χ3v) is 4.57. The van der Waals surface area contributed by atoms with Crippen molar-refractivity contribution in [3.05, 3.63) is 0 Å². The van der Waals surface area contributed by atoms with E-state index in [0.29, 0.717) is 13.0 Å². The van der Waals surface area contributed by atoms with Crippen molar-refractivity contribution in [3.8, 4) is 0 Å². The van der Waals surface area contributed by atoms with E-state index in [1.807, 2.05) is 6.92 Å². The van der Waals surface area contributed by atoms with Crippen LogP contribution in [0.15, 0.2) is 0 Å². The Hall–Kier alpha value is -0.240. The largest absolute Gasteiger partial charge is 0.394 e. The Morgan fingerprint density at radius 1 is 1.00 bits per heavy atom. The van der Waals surface area contributed by atoms with Gasteiger partial charge >= 0.3 is 0 Å². The third-order valence-electron chi connectivity index (χ3n) is 4.57. The number of aliphatic hydroxyl groups excluding tert-OH is 4. The average molecular weight is 349 g/mol. The molecule has 0 bridgehead atoms. The van der Waals surface area contributed by atoms with Crippen molar-refractivity contribution in [3.63, 3.8) is 0 Å². The Balaban J connectivity index is 2.84. The molecule has 0 aliphatic carbocycles. The molecule has 144 valence electrons. The topological polar surface area (TPSA) is 99.4 Å². The number of aliphatic hydroxyl groups is 4. The fourth-order valence-electron chi connectivity index (χ4n) is 2.98. The smallest absolute Gasteiger partial charge is 0.197 e. The molecule has 0 aromatic carbocycles. The molecule has 24 heavy (non-hydrogen) atoms.